The van der Waals surface area contributed by atoms with Gasteiger partial charge in [0.1, 0.15) is 25.5 Å². The van der Waals surface area contributed by atoms with Crippen molar-refractivity contribution >= 4 is 25.5 Å². The average Bonchev–Trinajstić information content (AvgIpc) is 3.52. The van der Waals surface area contributed by atoms with E-state index in [0.29, 0.717) is 36.7 Å². The number of aliphatic hydroxyl groups is 2. The number of likely N-dealkylation sites (N-methyl/N-ethyl adjacent to an activating group) is 1. The van der Waals surface area contributed by atoms with E-state index in [1.54, 1.807) is 6.08 Å². The molecule has 1 aliphatic carbocycles. The molecule has 1 rings (SSSR count). The topological polar surface area (TPSA) is 166 Å². The maximum Gasteiger partial charge on any atom is 0.472 e. The van der Waals surface area contributed by atoms with Crippen LogP contribution >= 0.6 is 7.82 Å². The number of ether oxygens (including phenoxy) is 2. The molecule has 1 aliphatic rings. The third kappa shape index (κ3) is 35.8. The summed E-state index contributed by atoms with van der Waals surface area (Å²) in [6, 6.07) is 0. The zero-order chi connectivity index (χ0) is 48.0. The van der Waals surface area contributed by atoms with Gasteiger partial charge in [0.25, 0.3) is 0 Å². The molecule has 0 saturated heterocycles. The highest BCUT2D eigenvalue weighted by atomic mass is 31.2. The Bertz CT molecular complexity index is 1320. The van der Waals surface area contributed by atoms with Crippen LogP contribution in [0.15, 0.2) is 24.3 Å². The van der Waals surface area contributed by atoms with E-state index in [-0.39, 0.29) is 50.1 Å². The van der Waals surface area contributed by atoms with E-state index in [2.05, 4.69) is 26.0 Å². The second-order valence-corrected chi connectivity index (χ2v) is 21.1. The summed E-state index contributed by atoms with van der Waals surface area (Å²) < 4.78 is 34.4. The zero-order valence-corrected chi connectivity index (χ0v) is 42.8. The predicted molar refractivity (Wildman–Crippen MR) is 262 cm³/mol. The molecule has 0 aromatic heterocycles. The van der Waals surface area contributed by atoms with Crippen molar-refractivity contribution in [3.8, 4) is 0 Å². The Balaban J connectivity index is 2.36. The molecule has 0 aromatic rings. The van der Waals surface area contributed by atoms with Crippen LogP contribution in [-0.4, -0.2) is 103 Å². The molecule has 0 aliphatic heterocycles. The van der Waals surface area contributed by atoms with Crippen LogP contribution in [0.3, 0.4) is 0 Å². The van der Waals surface area contributed by atoms with Gasteiger partial charge in [0, 0.05) is 31.1 Å². The van der Waals surface area contributed by atoms with E-state index in [9.17, 15) is 34.1 Å². The van der Waals surface area contributed by atoms with Gasteiger partial charge in [-0.15, -0.1) is 0 Å². The fourth-order valence-corrected chi connectivity index (χ4v) is 8.94. The van der Waals surface area contributed by atoms with Gasteiger partial charge in [0.15, 0.2) is 6.10 Å². The maximum absolute atomic E-state index is 12.9. The minimum atomic E-state index is -4.45. The van der Waals surface area contributed by atoms with Crippen LogP contribution in [0.2, 0.25) is 0 Å². The van der Waals surface area contributed by atoms with Crippen molar-refractivity contribution in [2.45, 2.75) is 231 Å². The molecule has 0 amide bonds. The number of carbonyl (C=O) groups excluding carboxylic acids is 3. The summed E-state index contributed by atoms with van der Waals surface area (Å²) in [5.74, 6) is -1.49. The molecule has 380 valence electrons. The average molecular weight is 943 g/mol. The Kier molecular flexibility index (Phi) is 36.6. The molecular weight excluding hydrogens is 846 g/mol. The normalized spacial score (nSPS) is 18.7. The number of hydrogen-bond donors (Lipinski definition) is 3. The van der Waals surface area contributed by atoms with E-state index in [1.807, 2.05) is 27.2 Å². The summed E-state index contributed by atoms with van der Waals surface area (Å²) >= 11 is 0. The Morgan fingerprint density at radius 3 is 1.78 bits per heavy atom. The number of rotatable bonds is 44. The van der Waals surface area contributed by atoms with Crippen molar-refractivity contribution in [2.75, 3.05) is 47.5 Å². The lowest BCUT2D eigenvalue weighted by Crippen LogP contribution is -2.37. The minimum absolute atomic E-state index is 0.0104. The molecule has 0 aromatic carbocycles. The molecule has 1 saturated carbocycles. The number of unbranched alkanes of at least 4 members (excludes halogenated alkanes) is 22. The van der Waals surface area contributed by atoms with Crippen molar-refractivity contribution in [3.63, 3.8) is 0 Å². The van der Waals surface area contributed by atoms with E-state index in [1.165, 1.54) is 96.3 Å². The number of esters is 2. The first kappa shape index (κ1) is 61.1. The predicted octanol–water partition coefficient (Wildman–Crippen LogP) is 12.1. The lowest BCUT2D eigenvalue weighted by molar-refractivity contribution is -0.870. The van der Waals surface area contributed by atoms with Crippen LogP contribution in [0.1, 0.15) is 213 Å². The van der Waals surface area contributed by atoms with E-state index >= 15 is 0 Å². The molecule has 0 radical (unpaired) electrons. The van der Waals surface area contributed by atoms with Gasteiger partial charge in [-0.2, -0.15) is 0 Å². The first-order valence-corrected chi connectivity index (χ1v) is 27.7. The molecule has 0 bridgehead atoms. The second kappa shape index (κ2) is 39.0. The SMILES string of the molecule is CCCCCCCC/C=C\CCCCCCCCCCCCCC(=O)OC[C@H](COP(=O)(O)OCC[N+](C)(C)C)OC(=O)CCCCCC[C@H]1C(=O)C[C@@H](O)[C@@H]1/C=C/[C@@H](O)CCCCC. The molecule has 65 heavy (non-hydrogen) atoms. The van der Waals surface area contributed by atoms with Crippen LogP contribution in [0.5, 0.6) is 0 Å². The first-order chi connectivity index (χ1) is 31.2. The number of quaternary nitrogens is 1. The molecule has 13 heteroatoms. The number of Topliss-reactive ketones (excluding diaryl/α,β-unsaturated/α-hetero) is 1. The Hall–Kier alpha value is -1.92. The molecule has 12 nitrogen and oxygen atoms in total. The minimum Gasteiger partial charge on any atom is -0.462 e. The van der Waals surface area contributed by atoms with Crippen LogP contribution in [0, 0.1) is 11.8 Å². The molecule has 3 N–H and O–H groups in total. The third-order valence-corrected chi connectivity index (χ3v) is 13.3. The number of phosphoric acid groups is 1. The number of allylic oxidation sites excluding steroid dienone is 2. The lowest BCUT2D eigenvalue weighted by atomic mass is 9.88. The van der Waals surface area contributed by atoms with Gasteiger partial charge < -0.3 is 29.1 Å². The zero-order valence-electron chi connectivity index (χ0n) is 41.9. The Labute approximate surface area is 396 Å². The van der Waals surface area contributed by atoms with Gasteiger partial charge in [-0.05, 0) is 51.4 Å². The van der Waals surface area contributed by atoms with Gasteiger partial charge in [-0.3, -0.25) is 23.4 Å². The van der Waals surface area contributed by atoms with E-state index in [0.717, 1.165) is 57.8 Å². The second-order valence-electron chi connectivity index (χ2n) is 19.7. The molecule has 1 unspecified atom stereocenters. The van der Waals surface area contributed by atoms with Crippen molar-refractivity contribution < 1.29 is 57.1 Å². The number of ketones is 1. The quantitative estimate of drug-likeness (QED) is 0.0175. The fourth-order valence-electron chi connectivity index (χ4n) is 8.20. The molecule has 0 spiro atoms. The van der Waals surface area contributed by atoms with Gasteiger partial charge in [0.2, 0.25) is 0 Å². The summed E-state index contributed by atoms with van der Waals surface area (Å²) in [6.45, 7) is 4.07. The highest BCUT2D eigenvalue weighted by molar-refractivity contribution is 7.47. The van der Waals surface area contributed by atoms with Gasteiger partial charge in [-0.25, -0.2) is 4.57 Å². The number of aliphatic hydroxyl groups excluding tert-OH is 2. The molecule has 0 heterocycles. The van der Waals surface area contributed by atoms with Gasteiger partial charge in [0.05, 0.1) is 40.0 Å². The van der Waals surface area contributed by atoms with Gasteiger partial charge in [-0.1, -0.05) is 167 Å². The maximum atomic E-state index is 12.9. The largest absolute Gasteiger partial charge is 0.472 e. The number of nitrogens with zero attached hydrogens (tertiary/aromatic N) is 1. The summed E-state index contributed by atoms with van der Waals surface area (Å²) in [4.78, 5) is 48.4. The summed E-state index contributed by atoms with van der Waals surface area (Å²) in [5, 5.41) is 20.8. The van der Waals surface area contributed by atoms with E-state index in [4.69, 9.17) is 18.5 Å². The highest BCUT2D eigenvalue weighted by Gasteiger charge is 2.39. The van der Waals surface area contributed by atoms with Crippen LogP contribution in [0.4, 0.5) is 0 Å². The smallest absolute Gasteiger partial charge is 0.462 e. The summed E-state index contributed by atoms with van der Waals surface area (Å²) in [6.07, 6.45) is 36.9. The fraction of sp³-hybridized carbons (Fsp3) is 0.865. The molecule has 1 fully saturated rings. The highest BCUT2D eigenvalue weighted by Crippen LogP contribution is 2.43. The molecular formula is C52H97NO11P+. The van der Waals surface area contributed by atoms with E-state index < -0.39 is 44.7 Å². The van der Waals surface area contributed by atoms with Crippen molar-refractivity contribution in [1.82, 2.24) is 0 Å². The van der Waals surface area contributed by atoms with Crippen LogP contribution in [-0.2, 0) is 37.5 Å². The van der Waals surface area contributed by atoms with Crippen molar-refractivity contribution in [2.24, 2.45) is 11.8 Å². The van der Waals surface area contributed by atoms with Crippen molar-refractivity contribution in [1.29, 1.82) is 0 Å². The number of carbonyl (C=O) groups is 3. The van der Waals surface area contributed by atoms with Crippen molar-refractivity contribution in [3.05, 3.63) is 24.3 Å². The monoisotopic (exact) mass is 943 g/mol. The number of hydrogen-bond acceptors (Lipinski definition) is 10. The third-order valence-electron chi connectivity index (χ3n) is 12.3. The van der Waals surface area contributed by atoms with Gasteiger partial charge >= 0.3 is 19.8 Å². The lowest BCUT2D eigenvalue weighted by Gasteiger charge is -2.24. The first-order valence-electron chi connectivity index (χ1n) is 26.2. The van der Waals surface area contributed by atoms with Crippen LogP contribution < -0.4 is 0 Å². The Morgan fingerprint density at radius 2 is 1.22 bits per heavy atom. The molecule has 6 atom stereocenters. The standard InChI is InChI=1S/C52H96NO11P/c1-6-8-10-11-12-13-14-15-16-17-18-19-20-21-22-23-24-25-26-27-32-36-51(57)61-43-46(44-63-65(59,60)62-41-40-53(3,4)5)64-52(58)37-33-29-28-31-35-47-48(50(56)42-49(47)55)39-38-45(54)34-30-9-7-2/h15-16,38-39,45-48,50,54,56H,6-14,17-37,40-44H2,1-5H3/p+1/b16-15-,39-38+/t45-,46+,47+,48+,50+/m0/s1. The van der Waals surface area contributed by atoms with Crippen LogP contribution in [0.25, 0.3) is 0 Å². The summed E-state index contributed by atoms with van der Waals surface area (Å²) in [5.41, 5.74) is 0. The summed E-state index contributed by atoms with van der Waals surface area (Å²) in [7, 11) is 1.34. The number of phosphoric ester groups is 1. The Morgan fingerprint density at radius 1 is 0.708 bits per heavy atom.